The SMILES string of the molecule is N#Cc1c(N)[nH+]c2sc(C(=O)c3ccccc3)c(N)c2c1-c1cccs1. The smallest absolute Gasteiger partial charge is 0.290 e. The molecule has 0 saturated carbocycles. The summed E-state index contributed by atoms with van der Waals surface area (Å²) in [6, 6.07) is 15.0. The lowest BCUT2D eigenvalue weighted by molar-refractivity contribution is -0.323. The highest BCUT2D eigenvalue weighted by Crippen LogP contribution is 2.42. The number of nitrogen functional groups attached to an aromatic ring is 2. The van der Waals surface area contributed by atoms with E-state index in [1.807, 2.05) is 35.7 Å². The molecular weight excluding hydrogens is 364 g/mol. The number of aromatic nitrogens is 1. The van der Waals surface area contributed by atoms with Crippen LogP contribution in [0.15, 0.2) is 47.8 Å². The first kappa shape index (κ1) is 16.3. The van der Waals surface area contributed by atoms with Crippen molar-refractivity contribution in [3.05, 3.63) is 63.8 Å². The molecule has 0 aliphatic heterocycles. The molecule has 5 nitrogen and oxygen atoms in total. The van der Waals surface area contributed by atoms with Crippen LogP contribution in [0.1, 0.15) is 20.8 Å². The van der Waals surface area contributed by atoms with Crippen molar-refractivity contribution in [3.63, 3.8) is 0 Å². The monoisotopic (exact) mass is 377 g/mol. The van der Waals surface area contributed by atoms with Gasteiger partial charge in [0.05, 0.1) is 11.1 Å². The molecule has 0 bridgehead atoms. The molecule has 0 spiro atoms. The highest BCUT2D eigenvalue weighted by Gasteiger charge is 2.27. The highest BCUT2D eigenvalue weighted by atomic mass is 32.1. The van der Waals surface area contributed by atoms with Crippen LogP contribution in [0.5, 0.6) is 0 Å². The maximum Gasteiger partial charge on any atom is 0.290 e. The Kier molecular flexibility index (Phi) is 3.92. The predicted octanol–water partition coefficient (Wildman–Crippen LogP) is 3.71. The summed E-state index contributed by atoms with van der Waals surface area (Å²) in [5.74, 6) is 0.121. The second-order valence-electron chi connectivity index (χ2n) is 5.62. The van der Waals surface area contributed by atoms with E-state index < -0.39 is 0 Å². The van der Waals surface area contributed by atoms with Gasteiger partial charge in [0.1, 0.15) is 10.9 Å². The third kappa shape index (κ3) is 2.44. The minimum atomic E-state index is -0.146. The van der Waals surface area contributed by atoms with E-state index in [9.17, 15) is 10.1 Å². The second kappa shape index (κ2) is 6.26. The van der Waals surface area contributed by atoms with Crippen LogP contribution >= 0.6 is 22.7 Å². The number of rotatable bonds is 3. The maximum absolute atomic E-state index is 12.9. The summed E-state index contributed by atoms with van der Waals surface area (Å²) < 4.78 is 0. The fourth-order valence-corrected chi connectivity index (χ4v) is 4.78. The zero-order valence-electron chi connectivity index (χ0n) is 13.4. The van der Waals surface area contributed by atoms with Crippen molar-refractivity contribution < 1.29 is 9.78 Å². The molecular formula is C19H13N4OS2+. The normalized spacial score (nSPS) is 10.7. The standard InChI is InChI=1S/C19H12N4OS2/c20-9-11-13(12-7-4-8-25-12)14-15(21)17(26-19(14)23-18(11)22)16(24)10-5-2-1-3-6-10/h1-8H,21H2,(H2,22,23)/p+1. The minimum Gasteiger partial charge on any atom is -0.397 e. The Morgan fingerprint density at radius 1 is 1.12 bits per heavy atom. The number of hydrogen-bond donors (Lipinski definition) is 2. The number of benzene rings is 1. The molecule has 3 heterocycles. The van der Waals surface area contributed by atoms with Gasteiger partial charge in [-0.3, -0.25) is 10.5 Å². The van der Waals surface area contributed by atoms with Crippen molar-refractivity contribution in [2.24, 2.45) is 0 Å². The van der Waals surface area contributed by atoms with E-state index >= 15 is 0 Å². The summed E-state index contributed by atoms with van der Waals surface area (Å²) in [6.07, 6.45) is 0. The lowest BCUT2D eigenvalue weighted by atomic mass is 10.0. The van der Waals surface area contributed by atoms with Crippen LogP contribution in [0, 0.1) is 11.3 Å². The van der Waals surface area contributed by atoms with Gasteiger partial charge >= 0.3 is 0 Å². The Balaban J connectivity index is 2.04. The number of carbonyl (C=O) groups is 1. The molecule has 1 aromatic carbocycles. The summed E-state index contributed by atoms with van der Waals surface area (Å²) in [7, 11) is 0. The number of thiophene rings is 2. The minimum absolute atomic E-state index is 0.146. The van der Waals surface area contributed by atoms with Crippen LogP contribution in [0.4, 0.5) is 11.5 Å². The summed E-state index contributed by atoms with van der Waals surface area (Å²) in [6.45, 7) is 0. The number of aromatic amines is 1. The third-order valence-corrected chi connectivity index (χ3v) is 6.09. The second-order valence-corrected chi connectivity index (χ2v) is 7.59. The van der Waals surface area contributed by atoms with Gasteiger partial charge in [-0.05, 0) is 11.4 Å². The number of anilines is 2. The first-order chi connectivity index (χ1) is 12.6. The van der Waals surface area contributed by atoms with Crippen LogP contribution in [0.3, 0.4) is 0 Å². The number of nitrogens with zero attached hydrogens (tertiary/aromatic N) is 1. The van der Waals surface area contributed by atoms with Gasteiger partial charge in [-0.25, -0.2) is 4.98 Å². The first-order valence-corrected chi connectivity index (χ1v) is 9.42. The van der Waals surface area contributed by atoms with Crippen LogP contribution in [0.25, 0.3) is 20.7 Å². The van der Waals surface area contributed by atoms with Crippen molar-refractivity contribution in [3.8, 4) is 16.5 Å². The molecule has 26 heavy (non-hydrogen) atoms. The van der Waals surface area contributed by atoms with Crippen molar-refractivity contribution in [2.45, 2.75) is 0 Å². The molecule has 4 aromatic rings. The van der Waals surface area contributed by atoms with E-state index in [1.54, 1.807) is 12.1 Å². The topological polar surface area (TPSA) is 107 Å². The lowest BCUT2D eigenvalue weighted by Crippen LogP contribution is -2.13. The summed E-state index contributed by atoms with van der Waals surface area (Å²) >= 11 is 2.75. The molecule has 0 saturated heterocycles. The Morgan fingerprint density at radius 2 is 1.88 bits per heavy atom. The lowest BCUT2D eigenvalue weighted by Gasteiger charge is -2.04. The van der Waals surface area contributed by atoms with Gasteiger partial charge in [0.15, 0.2) is 10.4 Å². The Bertz CT molecular complexity index is 1170. The van der Waals surface area contributed by atoms with E-state index in [-0.39, 0.29) is 11.6 Å². The van der Waals surface area contributed by atoms with Gasteiger partial charge in [0.25, 0.3) is 5.82 Å². The molecule has 7 heteroatoms. The average molecular weight is 377 g/mol. The van der Waals surface area contributed by atoms with Crippen LogP contribution in [0.2, 0.25) is 0 Å². The number of hydrogen-bond acceptors (Lipinski definition) is 6. The van der Waals surface area contributed by atoms with Crippen LogP contribution in [-0.2, 0) is 0 Å². The molecule has 3 aromatic heterocycles. The number of nitriles is 1. The number of nitrogens with two attached hydrogens (primary N) is 2. The zero-order valence-corrected chi connectivity index (χ0v) is 15.1. The molecule has 126 valence electrons. The fraction of sp³-hybridized carbons (Fsp3) is 0. The van der Waals surface area contributed by atoms with Crippen LogP contribution in [-0.4, -0.2) is 5.78 Å². The number of carbonyl (C=O) groups excluding carboxylic acids is 1. The van der Waals surface area contributed by atoms with Gasteiger partial charge in [-0.2, -0.15) is 5.26 Å². The molecule has 0 aliphatic rings. The molecule has 0 amide bonds. The number of nitrogens with one attached hydrogen (secondary N) is 1. The highest BCUT2D eigenvalue weighted by molar-refractivity contribution is 7.21. The fourth-order valence-electron chi connectivity index (χ4n) is 2.90. The van der Waals surface area contributed by atoms with Crippen LogP contribution < -0.4 is 16.5 Å². The molecule has 0 fully saturated rings. The van der Waals surface area contributed by atoms with Gasteiger partial charge < -0.3 is 5.73 Å². The molecule has 0 radical (unpaired) electrons. The molecule has 5 N–H and O–H groups in total. The van der Waals surface area contributed by atoms with Gasteiger partial charge in [-0.1, -0.05) is 47.7 Å². The Morgan fingerprint density at radius 3 is 2.54 bits per heavy atom. The quantitative estimate of drug-likeness (QED) is 0.531. The van der Waals surface area contributed by atoms with Gasteiger partial charge in [0, 0.05) is 16.0 Å². The van der Waals surface area contributed by atoms with Crippen molar-refractivity contribution >= 4 is 50.2 Å². The molecule has 0 aliphatic carbocycles. The maximum atomic E-state index is 12.9. The molecule has 0 unspecified atom stereocenters. The number of H-pyrrole nitrogens is 1. The summed E-state index contributed by atoms with van der Waals surface area (Å²) in [5.41, 5.74) is 14.4. The largest absolute Gasteiger partial charge is 0.397 e. The predicted molar refractivity (Wildman–Crippen MR) is 105 cm³/mol. The average Bonchev–Trinajstić information content (AvgIpc) is 3.29. The van der Waals surface area contributed by atoms with Crippen molar-refractivity contribution in [1.29, 1.82) is 5.26 Å². The third-order valence-electron chi connectivity index (χ3n) is 4.08. The Hall–Kier alpha value is -3.21. The Labute approximate surface area is 157 Å². The van der Waals surface area contributed by atoms with Crippen molar-refractivity contribution in [1.82, 2.24) is 0 Å². The van der Waals surface area contributed by atoms with E-state index in [4.69, 9.17) is 11.5 Å². The van der Waals surface area contributed by atoms with E-state index in [0.29, 0.717) is 37.5 Å². The number of pyridine rings is 1. The molecule has 0 atom stereocenters. The number of fused-ring (bicyclic) bond motifs is 1. The first-order valence-electron chi connectivity index (χ1n) is 7.72. The van der Waals surface area contributed by atoms with Crippen molar-refractivity contribution in [2.75, 3.05) is 11.5 Å². The summed E-state index contributed by atoms with van der Waals surface area (Å²) in [4.78, 5) is 17.9. The van der Waals surface area contributed by atoms with E-state index in [2.05, 4.69) is 11.1 Å². The summed E-state index contributed by atoms with van der Waals surface area (Å²) in [5, 5.41) is 12.2. The van der Waals surface area contributed by atoms with Gasteiger partial charge in [0.2, 0.25) is 5.78 Å². The van der Waals surface area contributed by atoms with E-state index in [1.165, 1.54) is 22.7 Å². The van der Waals surface area contributed by atoms with E-state index in [0.717, 1.165) is 4.88 Å². The number of ketones is 1. The zero-order chi connectivity index (χ0) is 18.3. The van der Waals surface area contributed by atoms with Gasteiger partial charge in [-0.15, -0.1) is 11.3 Å². The molecule has 4 rings (SSSR count).